The van der Waals surface area contributed by atoms with Crippen molar-refractivity contribution in [3.8, 4) is 22.9 Å². The summed E-state index contributed by atoms with van der Waals surface area (Å²) < 4.78 is 7.65. The minimum absolute atomic E-state index is 0.0917. The highest BCUT2D eigenvalue weighted by atomic mass is 16.5. The number of carbonyl (C=O) groups is 1. The third-order valence-corrected chi connectivity index (χ3v) is 6.25. The van der Waals surface area contributed by atoms with Crippen LogP contribution in [0.25, 0.3) is 11.1 Å². The number of rotatable bonds is 8. The summed E-state index contributed by atoms with van der Waals surface area (Å²) in [5, 5.41) is 16.1. The van der Waals surface area contributed by atoms with Crippen LogP contribution in [-0.4, -0.2) is 32.3 Å². The van der Waals surface area contributed by atoms with E-state index >= 15 is 0 Å². The summed E-state index contributed by atoms with van der Waals surface area (Å²) in [6.45, 7) is 2.51. The van der Waals surface area contributed by atoms with Gasteiger partial charge in [0.2, 0.25) is 5.82 Å². The number of anilines is 1. The number of pyridine rings is 1. The molecule has 3 heterocycles. The lowest BCUT2D eigenvalue weighted by molar-refractivity contribution is 0.101. The molecule has 0 saturated heterocycles. The zero-order chi connectivity index (χ0) is 24.9. The highest BCUT2D eigenvalue weighted by Crippen LogP contribution is 2.31. The van der Waals surface area contributed by atoms with E-state index in [-0.39, 0.29) is 17.8 Å². The summed E-state index contributed by atoms with van der Waals surface area (Å²) in [7, 11) is 0. The Balaban J connectivity index is 1.31. The van der Waals surface area contributed by atoms with Crippen molar-refractivity contribution in [1.82, 2.24) is 19.7 Å². The first-order valence-corrected chi connectivity index (χ1v) is 12.0. The first-order valence-electron chi connectivity index (χ1n) is 12.0. The van der Waals surface area contributed by atoms with Gasteiger partial charge in [-0.05, 0) is 66.3 Å². The molecule has 0 bridgehead atoms. The molecule has 5 rings (SSSR count). The highest BCUT2D eigenvalue weighted by Gasteiger charge is 2.28. The molecule has 8 heteroatoms. The number of nitriles is 1. The second kappa shape index (κ2) is 10.4. The Kier molecular flexibility index (Phi) is 6.72. The Morgan fingerprint density at radius 2 is 2.06 bits per heavy atom. The number of unbranched alkanes of at least 4 members (excludes halogenated alkanes) is 1. The monoisotopic (exact) mass is 478 g/mol. The molecule has 2 aromatic heterocycles. The molecule has 0 saturated carbocycles. The van der Waals surface area contributed by atoms with Crippen LogP contribution < -0.4 is 10.1 Å². The molecule has 1 aliphatic heterocycles. The first kappa shape index (κ1) is 23.2. The van der Waals surface area contributed by atoms with Gasteiger partial charge in [-0.3, -0.25) is 4.79 Å². The lowest BCUT2D eigenvalue weighted by Gasteiger charge is -2.12. The Hall–Kier alpha value is -4.51. The summed E-state index contributed by atoms with van der Waals surface area (Å²) in [6.07, 6.45) is 4.51. The van der Waals surface area contributed by atoms with Crippen molar-refractivity contribution in [2.24, 2.45) is 0 Å². The molecular weight excluding hydrogens is 452 g/mol. The summed E-state index contributed by atoms with van der Waals surface area (Å²) in [5.41, 5.74) is 4.12. The van der Waals surface area contributed by atoms with Crippen LogP contribution in [0.2, 0.25) is 0 Å². The van der Waals surface area contributed by atoms with Gasteiger partial charge in [0, 0.05) is 19.0 Å². The minimum Gasteiger partial charge on any atom is -0.494 e. The molecule has 1 N–H and O–H groups in total. The quantitative estimate of drug-likeness (QED) is 0.352. The van der Waals surface area contributed by atoms with Gasteiger partial charge in [0.05, 0.1) is 18.7 Å². The zero-order valence-corrected chi connectivity index (χ0v) is 20.0. The van der Waals surface area contributed by atoms with Gasteiger partial charge in [-0.25, -0.2) is 14.6 Å². The molecule has 0 radical (unpaired) electrons. The fraction of sp³-hybridized carbons (Fsp3) is 0.250. The molecular formula is C28H26N6O2. The molecule has 1 amide bonds. The van der Waals surface area contributed by atoms with Crippen molar-refractivity contribution in [2.75, 3.05) is 11.9 Å². The van der Waals surface area contributed by atoms with Gasteiger partial charge >= 0.3 is 0 Å². The average Bonchev–Trinajstić information content (AvgIpc) is 3.50. The van der Waals surface area contributed by atoms with Crippen molar-refractivity contribution >= 4 is 11.7 Å². The number of nitrogens with zero attached hydrogens (tertiary/aromatic N) is 5. The number of fused-ring (bicyclic) bond motifs is 1. The Labute approximate surface area is 209 Å². The highest BCUT2D eigenvalue weighted by molar-refractivity contribution is 6.01. The van der Waals surface area contributed by atoms with Crippen LogP contribution in [0.4, 0.5) is 5.82 Å². The van der Waals surface area contributed by atoms with Crippen LogP contribution in [0.3, 0.4) is 0 Å². The largest absolute Gasteiger partial charge is 0.494 e. The Bertz CT molecular complexity index is 1420. The number of amides is 1. The van der Waals surface area contributed by atoms with Crippen molar-refractivity contribution in [3.63, 3.8) is 0 Å². The van der Waals surface area contributed by atoms with Crippen molar-refractivity contribution < 1.29 is 9.53 Å². The van der Waals surface area contributed by atoms with Crippen LogP contribution in [0.1, 0.15) is 52.9 Å². The molecule has 0 spiro atoms. The van der Waals surface area contributed by atoms with Gasteiger partial charge < -0.3 is 10.1 Å². The second-order valence-corrected chi connectivity index (χ2v) is 8.73. The summed E-state index contributed by atoms with van der Waals surface area (Å²) in [4.78, 5) is 21.8. The normalized spacial score (nSPS) is 14.2. The van der Waals surface area contributed by atoms with Gasteiger partial charge in [0.1, 0.15) is 17.4 Å². The summed E-state index contributed by atoms with van der Waals surface area (Å²) >= 11 is 0. The van der Waals surface area contributed by atoms with Gasteiger partial charge in [0.25, 0.3) is 5.91 Å². The first-order chi connectivity index (χ1) is 17.6. The van der Waals surface area contributed by atoms with E-state index in [2.05, 4.69) is 38.6 Å². The SMILES string of the molecule is Cc1ccc(OCCCC#N)cc1-c1ccnc(NC(=O)c2nc3n(n2)C(c2ccccc2)CC3)c1. The molecule has 0 fully saturated rings. The maximum absolute atomic E-state index is 13.0. The molecule has 1 aliphatic rings. The van der Waals surface area contributed by atoms with E-state index in [0.29, 0.717) is 25.3 Å². The van der Waals surface area contributed by atoms with Crippen LogP contribution in [0.5, 0.6) is 5.75 Å². The fourth-order valence-electron chi connectivity index (χ4n) is 4.42. The molecule has 1 atom stereocenters. The zero-order valence-electron chi connectivity index (χ0n) is 20.0. The van der Waals surface area contributed by atoms with E-state index in [1.54, 1.807) is 6.20 Å². The fourth-order valence-corrected chi connectivity index (χ4v) is 4.42. The Morgan fingerprint density at radius 1 is 1.19 bits per heavy atom. The molecule has 4 aromatic rings. The summed E-state index contributed by atoms with van der Waals surface area (Å²) in [5.74, 6) is 1.73. The van der Waals surface area contributed by atoms with E-state index in [9.17, 15) is 4.79 Å². The number of benzene rings is 2. The number of aryl methyl sites for hydroxylation is 2. The third-order valence-electron chi connectivity index (χ3n) is 6.25. The number of carbonyl (C=O) groups excluding carboxylic acids is 1. The van der Waals surface area contributed by atoms with E-state index < -0.39 is 0 Å². The third kappa shape index (κ3) is 4.96. The van der Waals surface area contributed by atoms with Gasteiger partial charge in [-0.1, -0.05) is 36.4 Å². The predicted molar refractivity (Wildman–Crippen MR) is 136 cm³/mol. The maximum Gasteiger partial charge on any atom is 0.296 e. The van der Waals surface area contributed by atoms with E-state index in [4.69, 9.17) is 10.00 Å². The number of hydrogen-bond acceptors (Lipinski definition) is 6. The number of nitrogens with one attached hydrogen (secondary N) is 1. The second-order valence-electron chi connectivity index (χ2n) is 8.73. The van der Waals surface area contributed by atoms with Crippen molar-refractivity contribution in [2.45, 2.75) is 38.6 Å². The van der Waals surface area contributed by atoms with Crippen molar-refractivity contribution in [1.29, 1.82) is 5.26 Å². The van der Waals surface area contributed by atoms with Crippen molar-refractivity contribution in [3.05, 3.63) is 89.6 Å². The smallest absolute Gasteiger partial charge is 0.296 e. The molecule has 1 unspecified atom stereocenters. The summed E-state index contributed by atoms with van der Waals surface area (Å²) in [6, 6.07) is 22.0. The standard InChI is InChI=1S/C28H26N6O2/c1-19-9-10-22(36-16-6-5-14-29)18-23(19)21-13-15-30-25(17-21)31-28(35)27-32-26-12-11-24(34(26)33-27)20-7-3-2-4-8-20/h2-4,7-10,13,15,17-18,24H,5-6,11-12,16H2,1H3,(H,30,31,35). The molecule has 36 heavy (non-hydrogen) atoms. The lowest BCUT2D eigenvalue weighted by atomic mass is 10.0. The maximum atomic E-state index is 13.0. The van der Waals surface area contributed by atoms with E-state index in [0.717, 1.165) is 46.7 Å². The number of ether oxygens (including phenoxy) is 1. The van der Waals surface area contributed by atoms with E-state index in [1.165, 1.54) is 0 Å². The topological polar surface area (TPSA) is 106 Å². The van der Waals surface area contributed by atoms with Crippen LogP contribution >= 0.6 is 0 Å². The van der Waals surface area contributed by atoms with Gasteiger partial charge in [0.15, 0.2) is 0 Å². The van der Waals surface area contributed by atoms with Crippen LogP contribution in [0.15, 0.2) is 66.9 Å². The number of hydrogen-bond donors (Lipinski definition) is 1. The van der Waals surface area contributed by atoms with E-state index in [1.807, 2.05) is 60.1 Å². The lowest BCUT2D eigenvalue weighted by Crippen LogP contribution is -2.16. The molecule has 8 nitrogen and oxygen atoms in total. The molecule has 2 aromatic carbocycles. The van der Waals surface area contributed by atoms with Gasteiger partial charge in [-0.2, -0.15) is 5.26 Å². The number of aromatic nitrogens is 4. The van der Waals surface area contributed by atoms with Crippen LogP contribution in [-0.2, 0) is 6.42 Å². The molecule has 0 aliphatic carbocycles. The van der Waals surface area contributed by atoms with Crippen LogP contribution in [0, 0.1) is 18.3 Å². The minimum atomic E-state index is -0.389. The Morgan fingerprint density at radius 3 is 2.89 bits per heavy atom. The van der Waals surface area contributed by atoms with Gasteiger partial charge in [-0.15, -0.1) is 5.10 Å². The predicted octanol–water partition coefficient (Wildman–Crippen LogP) is 5.12. The average molecular weight is 479 g/mol. The molecule has 180 valence electrons.